The lowest BCUT2D eigenvalue weighted by atomic mass is 10.2. The summed E-state index contributed by atoms with van der Waals surface area (Å²) in [4.78, 5) is 0. The molecule has 0 radical (unpaired) electrons. The minimum Gasteiger partial charge on any atom is -0.494 e. The SMILES string of the molecule is N/C(=N/O)c1ccc(OCCCC(F)(F)F)cc1Cl. The normalized spacial score (nSPS) is 12.5. The fourth-order valence-corrected chi connectivity index (χ4v) is 1.58. The number of hydrogen-bond acceptors (Lipinski definition) is 3. The zero-order chi connectivity index (χ0) is 14.5. The monoisotopic (exact) mass is 296 g/mol. The number of halogens is 4. The number of benzene rings is 1. The highest BCUT2D eigenvalue weighted by Gasteiger charge is 2.26. The Morgan fingerprint density at radius 2 is 2.11 bits per heavy atom. The van der Waals surface area contributed by atoms with Crippen molar-refractivity contribution in [3.8, 4) is 5.75 Å². The summed E-state index contributed by atoms with van der Waals surface area (Å²) in [6.45, 7) is -0.0707. The van der Waals surface area contributed by atoms with Crippen molar-refractivity contribution in [2.45, 2.75) is 19.0 Å². The van der Waals surface area contributed by atoms with Crippen molar-refractivity contribution < 1.29 is 23.1 Å². The molecule has 1 rings (SSSR count). The third kappa shape index (κ3) is 5.25. The maximum atomic E-state index is 11.9. The van der Waals surface area contributed by atoms with Crippen molar-refractivity contribution in [2.75, 3.05) is 6.61 Å². The quantitative estimate of drug-likeness (QED) is 0.288. The molecule has 106 valence electrons. The minimum atomic E-state index is -4.18. The van der Waals surface area contributed by atoms with Crippen molar-refractivity contribution in [2.24, 2.45) is 10.9 Å². The lowest BCUT2D eigenvalue weighted by Crippen LogP contribution is -2.13. The predicted octanol–water partition coefficient (Wildman–Crippen LogP) is 3.16. The molecule has 0 atom stereocenters. The summed E-state index contributed by atoms with van der Waals surface area (Å²) in [6.07, 6.45) is -5.22. The first-order valence-corrected chi connectivity index (χ1v) is 5.68. The Hall–Kier alpha value is -1.63. The second-order valence-corrected chi connectivity index (χ2v) is 4.10. The van der Waals surface area contributed by atoms with E-state index in [9.17, 15) is 13.2 Å². The highest BCUT2D eigenvalue weighted by molar-refractivity contribution is 6.34. The van der Waals surface area contributed by atoms with E-state index in [0.717, 1.165) is 0 Å². The molecule has 0 aliphatic carbocycles. The van der Waals surface area contributed by atoms with Crippen molar-refractivity contribution in [3.05, 3.63) is 28.8 Å². The highest BCUT2D eigenvalue weighted by Crippen LogP contribution is 2.24. The number of amidine groups is 1. The number of nitrogens with zero attached hydrogens (tertiary/aromatic N) is 1. The van der Waals surface area contributed by atoms with E-state index >= 15 is 0 Å². The van der Waals surface area contributed by atoms with Crippen LogP contribution in [0.15, 0.2) is 23.4 Å². The molecule has 1 aromatic rings. The molecule has 19 heavy (non-hydrogen) atoms. The summed E-state index contributed by atoms with van der Waals surface area (Å²) in [7, 11) is 0. The smallest absolute Gasteiger partial charge is 0.389 e. The summed E-state index contributed by atoms with van der Waals surface area (Å²) in [5, 5.41) is 11.5. The van der Waals surface area contributed by atoms with Gasteiger partial charge in [-0.15, -0.1) is 0 Å². The highest BCUT2D eigenvalue weighted by atomic mass is 35.5. The van der Waals surface area contributed by atoms with Gasteiger partial charge in [0.2, 0.25) is 0 Å². The van der Waals surface area contributed by atoms with Crippen LogP contribution in [-0.4, -0.2) is 23.8 Å². The van der Waals surface area contributed by atoms with E-state index in [1.807, 2.05) is 0 Å². The van der Waals surface area contributed by atoms with Gasteiger partial charge in [-0.05, 0) is 24.6 Å². The first-order valence-electron chi connectivity index (χ1n) is 5.30. The molecule has 0 aromatic heterocycles. The van der Waals surface area contributed by atoms with Gasteiger partial charge in [0, 0.05) is 12.0 Å². The van der Waals surface area contributed by atoms with Crippen LogP contribution in [-0.2, 0) is 0 Å². The maximum absolute atomic E-state index is 11.9. The Morgan fingerprint density at radius 3 is 2.63 bits per heavy atom. The van der Waals surface area contributed by atoms with Crippen LogP contribution in [0.3, 0.4) is 0 Å². The molecule has 4 nitrogen and oxygen atoms in total. The third-order valence-corrected chi connectivity index (χ3v) is 2.51. The Morgan fingerprint density at radius 1 is 1.42 bits per heavy atom. The molecule has 0 fully saturated rings. The molecule has 0 unspecified atom stereocenters. The molecule has 0 amide bonds. The Bertz CT molecular complexity index is 464. The molecule has 0 heterocycles. The maximum Gasteiger partial charge on any atom is 0.389 e. The van der Waals surface area contributed by atoms with Gasteiger partial charge in [-0.2, -0.15) is 13.2 Å². The summed E-state index contributed by atoms with van der Waals surface area (Å²) in [5.74, 6) is 0.162. The standard InChI is InChI=1S/C11H12ClF3N2O2/c12-9-6-7(2-3-8(9)10(16)17-18)19-5-1-4-11(13,14)15/h2-3,6,18H,1,4-5H2,(H2,16,17). The van der Waals surface area contributed by atoms with Crippen LogP contribution in [0.25, 0.3) is 0 Å². The van der Waals surface area contributed by atoms with E-state index < -0.39 is 12.6 Å². The van der Waals surface area contributed by atoms with E-state index in [-0.39, 0.29) is 23.9 Å². The Labute approximate surface area is 112 Å². The first-order chi connectivity index (χ1) is 8.83. The van der Waals surface area contributed by atoms with Gasteiger partial charge in [0.15, 0.2) is 5.84 Å². The van der Waals surface area contributed by atoms with Crippen LogP contribution < -0.4 is 10.5 Å². The van der Waals surface area contributed by atoms with Crippen LogP contribution in [0.1, 0.15) is 18.4 Å². The zero-order valence-corrected chi connectivity index (χ0v) is 10.5. The first kappa shape index (κ1) is 15.4. The molecule has 0 aliphatic heterocycles. The van der Waals surface area contributed by atoms with E-state index in [1.54, 1.807) is 0 Å². The molecular weight excluding hydrogens is 285 g/mol. The van der Waals surface area contributed by atoms with E-state index in [4.69, 9.17) is 27.3 Å². The van der Waals surface area contributed by atoms with Crippen molar-refractivity contribution >= 4 is 17.4 Å². The van der Waals surface area contributed by atoms with Gasteiger partial charge in [-0.25, -0.2) is 0 Å². The number of ether oxygens (including phenoxy) is 1. The predicted molar refractivity (Wildman–Crippen MR) is 64.7 cm³/mol. The van der Waals surface area contributed by atoms with Gasteiger partial charge in [0.25, 0.3) is 0 Å². The largest absolute Gasteiger partial charge is 0.494 e. The molecule has 0 saturated heterocycles. The molecule has 1 aromatic carbocycles. The van der Waals surface area contributed by atoms with Crippen molar-refractivity contribution in [1.29, 1.82) is 0 Å². The van der Waals surface area contributed by atoms with Crippen molar-refractivity contribution in [3.63, 3.8) is 0 Å². The molecule has 3 N–H and O–H groups in total. The van der Waals surface area contributed by atoms with Crippen LogP contribution in [0.4, 0.5) is 13.2 Å². The second kappa shape index (κ2) is 6.51. The number of rotatable bonds is 5. The average Bonchev–Trinajstić information content (AvgIpc) is 2.33. The van der Waals surface area contributed by atoms with Crippen molar-refractivity contribution in [1.82, 2.24) is 0 Å². The number of alkyl halides is 3. The third-order valence-electron chi connectivity index (χ3n) is 2.20. The number of nitrogens with two attached hydrogens (primary N) is 1. The second-order valence-electron chi connectivity index (χ2n) is 3.69. The van der Waals surface area contributed by atoms with Gasteiger partial charge >= 0.3 is 6.18 Å². The number of hydrogen-bond donors (Lipinski definition) is 2. The fraction of sp³-hybridized carbons (Fsp3) is 0.364. The average molecular weight is 297 g/mol. The van der Waals surface area contributed by atoms with Gasteiger partial charge in [0.05, 0.1) is 11.6 Å². The summed E-state index contributed by atoms with van der Waals surface area (Å²) >= 11 is 5.86. The summed E-state index contributed by atoms with van der Waals surface area (Å²) in [6, 6.07) is 4.33. The molecule has 0 bridgehead atoms. The Balaban J connectivity index is 2.55. The fourth-order valence-electron chi connectivity index (χ4n) is 1.31. The van der Waals surface area contributed by atoms with E-state index in [1.165, 1.54) is 18.2 Å². The molecule has 8 heteroatoms. The lowest BCUT2D eigenvalue weighted by Gasteiger charge is -2.09. The molecular formula is C11H12ClF3N2O2. The zero-order valence-electron chi connectivity index (χ0n) is 9.75. The van der Waals surface area contributed by atoms with Gasteiger partial charge in [-0.1, -0.05) is 16.8 Å². The van der Waals surface area contributed by atoms with Crippen LogP contribution in [0.2, 0.25) is 5.02 Å². The van der Waals surface area contributed by atoms with E-state index in [2.05, 4.69) is 5.16 Å². The topological polar surface area (TPSA) is 67.8 Å². The van der Waals surface area contributed by atoms with Gasteiger partial charge < -0.3 is 15.7 Å². The van der Waals surface area contributed by atoms with Crippen LogP contribution >= 0.6 is 11.6 Å². The molecule has 0 aliphatic rings. The van der Waals surface area contributed by atoms with Crippen LogP contribution in [0.5, 0.6) is 5.75 Å². The molecule has 0 saturated carbocycles. The van der Waals surface area contributed by atoms with Gasteiger partial charge in [-0.3, -0.25) is 0 Å². The Kier molecular flexibility index (Phi) is 5.29. The molecule has 0 spiro atoms. The van der Waals surface area contributed by atoms with Crippen LogP contribution in [0, 0.1) is 0 Å². The number of oxime groups is 1. The van der Waals surface area contributed by atoms with E-state index in [0.29, 0.717) is 11.3 Å². The summed E-state index contributed by atoms with van der Waals surface area (Å²) < 4.78 is 40.8. The van der Waals surface area contributed by atoms with Gasteiger partial charge in [0.1, 0.15) is 5.75 Å². The lowest BCUT2D eigenvalue weighted by molar-refractivity contribution is -0.136. The minimum absolute atomic E-state index is 0.0707. The summed E-state index contributed by atoms with van der Waals surface area (Å²) in [5.41, 5.74) is 5.68.